The first-order valence-corrected chi connectivity index (χ1v) is 7.78. The number of hydrogen-bond donors (Lipinski definition) is 0. The fourth-order valence-corrected chi connectivity index (χ4v) is 3.52. The van der Waals surface area contributed by atoms with Crippen molar-refractivity contribution in [3.05, 3.63) is 23.8 Å². The molecular formula is C12H20N4O2S. The normalized spacial score (nSPS) is 21.8. The van der Waals surface area contributed by atoms with E-state index in [-0.39, 0.29) is 5.92 Å². The molecule has 1 fully saturated rings. The van der Waals surface area contributed by atoms with Crippen LogP contribution in [0.2, 0.25) is 0 Å². The van der Waals surface area contributed by atoms with E-state index in [1.54, 1.807) is 24.6 Å². The van der Waals surface area contributed by atoms with E-state index in [4.69, 9.17) is 0 Å². The Kier molecular flexibility index (Phi) is 4.17. The zero-order chi connectivity index (χ0) is 14.0. The van der Waals surface area contributed by atoms with Gasteiger partial charge >= 0.3 is 0 Å². The second-order valence-electron chi connectivity index (χ2n) is 5.02. The van der Waals surface area contributed by atoms with Gasteiger partial charge in [-0.25, -0.2) is 9.97 Å². The maximum Gasteiger partial charge on any atom is 0.281 e. The van der Waals surface area contributed by atoms with Gasteiger partial charge in [0.25, 0.3) is 10.2 Å². The third-order valence-electron chi connectivity index (χ3n) is 3.39. The smallest absolute Gasteiger partial charge is 0.242 e. The lowest BCUT2D eigenvalue weighted by atomic mass is 9.96. The fourth-order valence-electron chi connectivity index (χ4n) is 2.33. The van der Waals surface area contributed by atoms with Crippen molar-refractivity contribution in [1.82, 2.24) is 18.6 Å². The number of rotatable bonds is 3. The average molecular weight is 284 g/mol. The van der Waals surface area contributed by atoms with Gasteiger partial charge in [0.2, 0.25) is 0 Å². The van der Waals surface area contributed by atoms with E-state index in [0.717, 1.165) is 24.4 Å². The van der Waals surface area contributed by atoms with Gasteiger partial charge in [0.05, 0.1) is 0 Å². The van der Waals surface area contributed by atoms with Gasteiger partial charge in [0, 0.05) is 45.0 Å². The van der Waals surface area contributed by atoms with Gasteiger partial charge in [0.1, 0.15) is 5.82 Å². The Labute approximate surface area is 114 Å². The van der Waals surface area contributed by atoms with E-state index in [0.29, 0.717) is 13.1 Å². The molecule has 1 aromatic heterocycles. The van der Waals surface area contributed by atoms with Crippen molar-refractivity contribution in [3.8, 4) is 0 Å². The lowest BCUT2D eigenvalue weighted by Crippen LogP contribution is -2.45. The molecule has 19 heavy (non-hydrogen) atoms. The molecule has 2 heterocycles. The summed E-state index contributed by atoms with van der Waals surface area (Å²) in [4.78, 5) is 8.49. The zero-order valence-electron chi connectivity index (χ0n) is 11.6. The van der Waals surface area contributed by atoms with Crippen LogP contribution in [-0.4, -0.2) is 54.2 Å². The third-order valence-corrected chi connectivity index (χ3v) is 5.29. The average Bonchev–Trinajstić information content (AvgIpc) is 2.38. The first-order chi connectivity index (χ1) is 8.91. The van der Waals surface area contributed by atoms with Crippen LogP contribution in [0.25, 0.3) is 0 Å². The van der Waals surface area contributed by atoms with Crippen LogP contribution in [0.1, 0.15) is 30.3 Å². The number of aromatic nitrogens is 2. The summed E-state index contributed by atoms with van der Waals surface area (Å²) in [5.41, 5.74) is 0.936. The van der Waals surface area contributed by atoms with Crippen molar-refractivity contribution in [2.75, 3.05) is 27.2 Å². The van der Waals surface area contributed by atoms with Crippen molar-refractivity contribution >= 4 is 10.2 Å². The molecule has 0 unspecified atom stereocenters. The summed E-state index contributed by atoms with van der Waals surface area (Å²) in [6.07, 6.45) is 3.56. The Morgan fingerprint density at radius 2 is 2.16 bits per heavy atom. The topological polar surface area (TPSA) is 66.4 Å². The number of piperidine rings is 1. The highest BCUT2D eigenvalue weighted by molar-refractivity contribution is 7.86. The maximum atomic E-state index is 12.1. The molecule has 2 rings (SSSR count). The SMILES string of the molecule is Cc1nccc([C@@H]2CCCN(S(=O)(=O)N(C)C)C2)n1. The van der Waals surface area contributed by atoms with Crippen molar-refractivity contribution < 1.29 is 8.42 Å². The lowest BCUT2D eigenvalue weighted by molar-refractivity contribution is 0.296. The molecule has 106 valence electrons. The molecule has 6 nitrogen and oxygen atoms in total. The fraction of sp³-hybridized carbons (Fsp3) is 0.667. The van der Waals surface area contributed by atoms with E-state index in [1.165, 1.54) is 4.31 Å². The summed E-state index contributed by atoms with van der Waals surface area (Å²) in [5.74, 6) is 0.885. The molecule has 0 N–H and O–H groups in total. The maximum absolute atomic E-state index is 12.1. The van der Waals surface area contributed by atoms with Gasteiger partial charge in [-0.1, -0.05) is 0 Å². The molecule has 0 aromatic carbocycles. The van der Waals surface area contributed by atoms with Crippen LogP contribution in [0.4, 0.5) is 0 Å². The van der Waals surface area contributed by atoms with Gasteiger partial charge in [-0.15, -0.1) is 0 Å². The predicted octanol–water partition coefficient (Wildman–Crippen LogP) is 0.771. The summed E-state index contributed by atoms with van der Waals surface area (Å²) >= 11 is 0. The summed E-state index contributed by atoms with van der Waals surface area (Å²) in [6, 6.07) is 1.88. The van der Waals surface area contributed by atoms with E-state index >= 15 is 0 Å². The standard InChI is InChI=1S/C12H20N4O2S/c1-10-13-7-6-12(14-10)11-5-4-8-16(9-11)19(17,18)15(2)3/h6-7,11H,4-5,8-9H2,1-3H3/t11-/m1/s1. The first kappa shape index (κ1) is 14.4. The predicted molar refractivity (Wildman–Crippen MR) is 72.9 cm³/mol. The molecule has 1 aliphatic rings. The highest BCUT2D eigenvalue weighted by Gasteiger charge is 2.31. The molecule has 1 atom stereocenters. The first-order valence-electron chi connectivity index (χ1n) is 6.38. The van der Waals surface area contributed by atoms with Crippen LogP contribution >= 0.6 is 0 Å². The van der Waals surface area contributed by atoms with Crippen LogP contribution in [0, 0.1) is 6.92 Å². The van der Waals surface area contributed by atoms with Crippen LogP contribution in [0.15, 0.2) is 12.3 Å². The molecule has 1 saturated heterocycles. The number of aryl methyl sites for hydroxylation is 1. The highest BCUT2D eigenvalue weighted by Crippen LogP contribution is 2.27. The zero-order valence-corrected chi connectivity index (χ0v) is 12.4. The van der Waals surface area contributed by atoms with Gasteiger partial charge in [-0.3, -0.25) is 0 Å². The monoisotopic (exact) mass is 284 g/mol. The number of nitrogens with zero attached hydrogens (tertiary/aromatic N) is 4. The van der Waals surface area contributed by atoms with Crippen molar-refractivity contribution in [3.63, 3.8) is 0 Å². The van der Waals surface area contributed by atoms with E-state index in [2.05, 4.69) is 9.97 Å². The van der Waals surface area contributed by atoms with Crippen molar-refractivity contribution in [1.29, 1.82) is 0 Å². The third kappa shape index (κ3) is 3.10. The summed E-state index contributed by atoms with van der Waals surface area (Å²) in [6.45, 7) is 2.93. The second kappa shape index (κ2) is 5.52. The summed E-state index contributed by atoms with van der Waals surface area (Å²) in [5, 5.41) is 0. The summed E-state index contributed by atoms with van der Waals surface area (Å²) < 4.78 is 27.1. The molecule has 1 aromatic rings. The van der Waals surface area contributed by atoms with Crippen LogP contribution in [0.5, 0.6) is 0 Å². The van der Waals surface area contributed by atoms with Gasteiger partial charge in [-0.05, 0) is 25.8 Å². The van der Waals surface area contributed by atoms with Gasteiger partial charge in [0.15, 0.2) is 0 Å². The second-order valence-corrected chi connectivity index (χ2v) is 7.16. The number of hydrogen-bond acceptors (Lipinski definition) is 4. The molecule has 0 saturated carbocycles. The van der Waals surface area contributed by atoms with Crippen molar-refractivity contribution in [2.24, 2.45) is 0 Å². The van der Waals surface area contributed by atoms with Gasteiger partial charge < -0.3 is 0 Å². The Morgan fingerprint density at radius 1 is 1.42 bits per heavy atom. The minimum atomic E-state index is -3.33. The minimum absolute atomic E-state index is 0.158. The lowest BCUT2D eigenvalue weighted by Gasteiger charge is -2.33. The Hall–Kier alpha value is -1.05. The van der Waals surface area contributed by atoms with Crippen LogP contribution in [0.3, 0.4) is 0 Å². The van der Waals surface area contributed by atoms with Crippen LogP contribution in [-0.2, 0) is 10.2 Å². The molecule has 0 amide bonds. The highest BCUT2D eigenvalue weighted by atomic mass is 32.2. The molecule has 0 spiro atoms. The molecule has 1 aliphatic heterocycles. The largest absolute Gasteiger partial charge is 0.281 e. The molecule has 0 radical (unpaired) electrons. The Balaban J connectivity index is 2.18. The van der Waals surface area contributed by atoms with E-state index < -0.39 is 10.2 Å². The van der Waals surface area contributed by atoms with E-state index in [1.807, 2.05) is 13.0 Å². The Bertz CT molecular complexity index is 544. The molecule has 0 bridgehead atoms. The van der Waals surface area contributed by atoms with Crippen LogP contribution < -0.4 is 0 Å². The van der Waals surface area contributed by atoms with Crippen molar-refractivity contribution in [2.45, 2.75) is 25.7 Å². The molecule has 7 heteroatoms. The Morgan fingerprint density at radius 3 is 2.79 bits per heavy atom. The van der Waals surface area contributed by atoms with E-state index in [9.17, 15) is 8.42 Å². The quantitative estimate of drug-likeness (QED) is 0.822. The summed E-state index contributed by atoms with van der Waals surface area (Å²) in [7, 11) is -0.201. The molecule has 0 aliphatic carbocycles. The van der Waals surface area contributed by atoms with Gasteiger partial charge in [-0.2, -0.15) is 17.0 Å². The molecular weight excluding hydrogens is 264 g/mol. The minimum Gasteiger partial charge on any atom is -0.242 e.